The topological polar surface area (TPSA) is 60.2 Å². The zero-order chi connectivity index (χ0) is 7.21. The molecular weight excluding hydrogens is 162 g/mol. The summed E-state index contributed by atoms with van der Waals surface area (Å²) in [4.78, 5) is 0. The molecule has 0 aliphatic carbocycles. The highest BCUT2D eigenvalue weighted by Gasteiger charge is 1.78. The Bertz CT molecular complexity index is 113. The van der Waals surface area contributed by atoms with Gasteiger partial charge >= 0.3 is 0 Å². The fourth-order valence-corrected chi connectivity index (χ4v) is 0. The molecule has 0 aromatic heterocycles. The molecule has 0 bridgehead atoms. The van der Waals surface area contributed by atoms with E-state index in [9.17, 15) is 8.42 Å². The van der Waals surface area contributed by atoms with Crippen molar-refractivity contribution in [3.8, 4) is 0 Å². The van der Waals surface area contributed by atoms with Crippen molar-refractivity contribution in [2.45, 2.75) is 20.3 Å². The fraction of sp³-hybridized carbons (Fsp3) is 1.00. The predicted octanol–water partition coefficient (Wildman–Crippen LogP) is 0.743. The Morgan fingerprint density at radius 1 is 1.33 bits per heavy atom. The second-order valence-corrected chi connectivity index (χ2v) is 3.20. The summed E-state index contributed by atoms with van der Waals surface area (Å²) in [5.41, 5.74) is 0. The van der Waals surface area contributed by atoms with Crippen LogP contribution in [-0.2, 0) is 10.0 Å². The molecule has 0 spiro atoms. The molecule has 0 rings (SSSR count). The van der Waals surface area contributed by atoms with Gasteiger partial charge in [-0.2, -0.15) is 0 Å². The molecule has 0 amide bonds. The minimum Gasteiger partial charge on any atom is -0.229 e. The van der Waals surface area contributed by atoms with Crippen molar-refractivity contribution >= 4 is 22.4 Å². The Morgan fingerprint density at radius 3 is 1.33 bits per heavy atom. The third kappa shape index (κ3) is 7880. The van der Waals surface area contributed by atoms with Crippen LogP contribution in [-0.4, -0.2) is 14.7 Å². The van der Waals surface area contributed by atoms with Crippen LogP contribution in [0.2, 0.25) is 0 Å². The van der Waals surface area contributed by atoms with Gasteiger partial charge in [-0.1, -0.05) is 20.3 Å². The first-order valence-electron chi connectivity index (χ1n) is 2.39. The van der Waals surface area contributed by atoms with Crippen molar-refractivity contribution in [1.82, 2.24) is 0 Å². The Kier molecular flexibility index (Phi) is 14.7. The van der Waals surface area contributed by atoms with Gasteiger partial charge in [0, 0.05) is 0 Å². The summed E-state index contributed by atoms with van der Waals surface area (Å²) in [5.74, 6) is 0. The summed E-state index contributed by atoms with van der Waals surface area (Å²) in [6, 6.07) is 0. The molecule has 3 nitrogen and oxygen atoms in total. The van der Waals surface area contributed by atoms with E-state index in [0.717, 1.165) is 6.26 Å². The maximum atomic E-state index is 9.41. The van der Waals surface area contributed by atoms with Gasteiger partial charge in [-0.3, -0.25) is 0 Å². The maximum absolute atomic E-state index is 9.41. The van der Waals surface area contributed by atoms with E-state index in [1.54, 1.807) is 0 Å². The molecule has 2 N–H and O–H groups in total. The van der Waals surface area contributed by atoms with Gasteiger partial charge in [0.05, 0.1) is 6.26 Å². The van der Waals surface area contributed by atoms with E-state index < -0.39 is 10.0 Å². The van der Waals surface area contributed by atoms with E-state index in [-0.39, 0.29) is 12.4 Å². The third-order valence-corrected chi connectivity index (χ3v) is 0. The lowest BCUT2D eigenvalue weighted by molar-refractivity contribution is 0.603. The summed E-state index contributed by atoms with van der Waals surface area (Å²) in [5, 5.41) is 4.33. The Hall–Kier alpha value is 0.200. The molecule has 60 valence electrons. The monoisotopic (exact) mass is 175 g/mol. The van der Waals surface area contributed by atoms with Crippen LogP contribution in [0.4, 0.5) is 0 Å². The van der Waals surface area contributed by atoms with Crippen LogP contribution < -0.4 is 5.14 Å². The normalized spacial score (nSPS) is 8.44. The smallest absolute Gasteiger partial charge is 0.206 e. The van der Waals surface area contributed by atoms with Gasteiger partial charge in [0.2, 0.25) is 10.0 Å². The van der Waals surface area contributed by atoms with Crippen LogP contribution in [0.5, 0.6) is 0 Å². The second-order valence-electron chi connectivity index (χ2n) is 1.54. The Balaban J connectivity index is -0.0000000800. The van der Waals surface area contributed by atoms with Gasteiger partial charge in [0.25, 0.3) is 0 Å². The van der Waals surface area contributed by atoms with Crippen LogP contribution in [0.3, 0.4) is 0 Å². The largest absolute Gasteiger partial charge is 0.229 e. The number of primary sulfonamides is 1. The quantitative estimate of drug-likeness (QED) is 0.591. The van der Waals surface area contributed by atoms with Crippen LogP contribution >= 0.6 is 12.4 Å². The number of hydrogen-bond acceptors (Lipinski definition) is 2. The molecule has 0 saturated carbocycles. The average molecular weight is 176 g/mol. The van der Waals surface area contributed by atoms with Gasteiger partial charge in [-0.05, 0) is 0 Å². The van der Waals surface area contributed by atoms with Crippen molar-refractivity contribution in [2.75, 3.05) is 6.26 Å². The standard InChI is InChI=1S/C3H8.CH5NO2S.ClH/c1-3-2;1-5(2,3)4;/h3H2,1-2H3;1H3,(H2,2,3,4);1H. The van der Waals surface area contributed by atoms with Gasteiger partial charge in [0.1, 0.15) is 0 Å². The highest BCUT2D eigenvalue weighted by atomic mass is 35.5. The fourth-order valence-electron chi connectivity index (χ4n) is 0. The third-order valence-electron chi connectivity index (χ3n) is 0. The summed E-state index contributed by atoms with van der Waals surface area (Å²) in [6.07, 6.45) is 2.19. The second kappa shape index (κ2) is 8.20. The number of sulfonamides is 1. The van der Waals surface area contributed by atoms with Crippen molar-refractivity contribution < 1.29 is 8.42 Å². The van der Waals surface area contributed by atoms with Gasteiger partial charge in [0.15, 0.2) is 0 Å². The van der Waals surface area contributed by atoms with Crippen LogP contribution in [0.15, 0.2) is 0 Å². The predicted molar refractivity (Wildman–Crippen MR) is 42.2 cm³/mol. The highest BCUT2D eigenvalue weighted by Crippen LogP contribution is 1.56. The lowest BCUT2D eigenvalue weighted by atomic mass is 10.6. The van der Waals surface area contributed by atoms with Gasteiger partial charge in [-0.25, -0.2) is 13.6 Å². The maximum Gasteiger partial charge on any atom is 0.206 e. The zero-order valence-electron chi connectivity index (χ0n) is 5.92. The van der Waals surface area contributed by atoms with Crippen molar-refractivity contribution in [3.05, 3.63) is 0 Å². The van der Waals surface area contributed by atoms with Crippen LogP contribution in [0.25, 0.3) is 0 Å². The molecule has 0 aliphatic rings. The Morgan fingerprint density at radius 2 is 1.33 bits per heavy atom. The summed E-state index contributed by atoms with van der Waals surface area (Å²) in [7, 11) is -3.17. The summed E-state index contributed by atoms with van der Waals surface area (Å²) >= 11 is 0. The van der Waals surface area contributed by atoms with E-state index in [1.165, 1.54) is 6.42 Å². The molecule has 0 aliphatic heterocycles. The molecule has 5 heteroatoms. The number of hydrogen-bond donors (Lipinski definition) is 1. The molecule has 0 saturated heterocycles. The highest BCUT2D eigenvalue weighted by molar-refractivity contribution is 7.88. The molecule has 0 radical (unpaired) electrons. The molecule has 0 aromatic rings. The molecule has 0 heterocycles. The Labute approximate surface area is 63.1 Å². The first-order chi connectivity index (χ1) is 3.41. The molecule has 0 fully saturated rings. The van der Waals surface area contributed by atoms with E-state index in [0.29, 0.717) is 0 Å². The van der Waals surface area contributed by atoms with Crippen LogP contribution in [0.1, 0.15) is 20.3 Å². The van der Waals surface area contributed by atoms with Gasteiger partial charge in [-0.15, -0.1) is 12.4 Å². The lowest BCUT2D eigenvalue weighted by Gasteiger charge is -1.71. The SMILES string of the molecule is CCC.CS(N)(=O)=O.Cl. The molecule has 0 atom stereocenters. The summed E-state index contributed by atoms with van der Waals surface area (Å²) in [6.45, 7) is 4.25. The number of nitrogens with two attached hydrogens (primary N) is 1. The first-order valence-corrected chi connectivity index (χ1v) is 4.35. The van der Waals surface area contributed by atoms with Crippen molar-refractivity contribution in [3.63, 3.8) is 0 Å². The van der Waals surface area contributed by atoms with E-state index in [1.807, 2.05) is 0 Å². The average Bonchev–Trinajstić information content (AvgIpc) is 1.27. The van der Waals surface area contributed by atoms with Crippen molar-refractivity contribution in [2.24, 2.45) is 5.14 Å². The number of rotatable bonds is 0. The summed E-state index contributed by atoms with van der Waals surface area (Å²) < 4.78 is 18.8. The van der Waals surface area contributed by atoms with E-state index in [2.05, 4.69) is 19.0 Å². The molecule has 0 unspecified atom stereocenters. The number of halogens is 1. The van der Waals surface area contributed by atoms with Crippen LogP contribution in [0, 0.1) is 0 Å². The molecular formula is C4H14ClNO2S. The zero-order valence-corrected chi connectivity index (χ0v) is 7.55. The molecule has 9 heavy (non-hydrogen) atoms. The minimum atomic E-state index is -3.17. The molecule has 0 aromatic carbocycles. The minimum absolute atomic E-state index is 0. The first kappa shape index (κ1) is 16.1. The van der Waals surface area contributed by atoms with E-state index >= 15 is 0 Å². The lowest BCUT2D eigenvalue weighted by Crippen LogP contribution is -2.07. The van der Waals surface area contributed by atoms with Gasteiger partial charge < -0.3 is 0 Å². The van der Waals surface area contributed by atoms with E-state index in [4.69, 9.17) is 0 Å². The van der Waals surface area contributed by atoms with Crippen molar-refractivity contribution in [1.29, 1.82) is 0 Å².